The molecule has 8 aromatic rings. The third kappa shape index (κ3) is 10.8. The second-order valence-corrected chi connectivity index (χ2v) is 31.9. The number of benzene rings is 4. The average Bonchev–Trinajstić information content (AvgIpc) is 1.61. The number of thiazole rings is 2. The minimum atomic E-state index is -0.707. The third-order valence-corrected chi connectivity index (χ3v) is 23.2. The summed E-state index contributed by atoms with van der Waals surface area (Å²) in [6.07, 6.45) is 8.87. The first-order chi connectivity index (χ1) is 42.7. The first-order valence-corrected chi connectivity index (χ1v) is 34.2. The molecule has 16 rings (SSSR count). The van der Waals surface area contributed by atoms with E-state index >= 15 is 8.78 Å². The van der Waals surface area contributed by atoms with E-state index in [0.717, 1.165) is 63.9 Å². The van der Waals surface area contributed by atoms with Crippen LogP contribution >= 0.6 is 34.8 Å². The zero-order valence-electron chi connectivity index (χ0n) is 54.8. The zero-order chi connectivity index (χ0) is 64.7. The van der Waals surface area contributed by atoms with Gasteiger partial charge in [0.1, 0.15) is 23.1 Å². The molecule has 0 bridgehead atoms. The van der Waals surface area contributed by atoms with Gasteiger partial charge in [0.2, 0.25) is 12.5 Å². The number of nitrogens with zero attached hydrogens (tertiary/aromatic N) is 4. The highest BCUT2D eigenvalue weighted by Gasteiger charge is 2.56. The number of rotatable bonds is 8. The van der Waals surface area contributed by atoms with Crippen LogP contribution in [0.5, 0.6) is 11.5 Å². The van der Waals surface area contributed by atoms with Crippen molar-refractivity contribution in [1.82, 2.24) is 19.1 Å². The molecule has 476 valence electrons. The van der Waals surface area contributed by atoms with E-state index in [2.05, 4.69) is 33.4 Å². The van der Waals surface area contributed by atoms with Gasteiger partial charge in [-0.3, -0.25) is 9.13 Å². The Balaban J connectivity index is 0.000000152. The van der Waals surface area contributed by atoms with Gasteiger partial charge in [-0.05, 0) is 207 Å². The van der Waals surface area contributed by atoms with Crippen LogP contribution in [0.4, 0.5) is 12.7 Å². The highest BCUT2D eigenvalue weighted by atomic mass is 32.2. The summed E-state index contributed by atoms with van der Waals surface area (Å²) in [6.45, 7) is 32.3. The fourth-order valence-corrected chi connectivity index (χ4v) is 14.6. The minimum Gasteiger partial charge on any atom is -0.464 e. The quantitative estimate of drug-likeness (QED) is 0.134. The van der Waals surface area contributed by atoms with Gasteiger partial charge in [0.15, 0.2) is 0 Å². The van der Waals surface area contributed by atoms with Crippen LogP contribution in [0.2, 0.25) is 0 Å². The van der Waals surface area contributed by atoms with Crippen LogP contribution in [0.15, 0.2) is 85.2 Å². The predicted octanol–water partition coefficient (Wildman–Crippen LogP) is 13.9. The molecule has 14 nitrogen and oxygen atoms in total. The molecule has 4 aromatic heterocycles. The van der Waals surface area contributed by atoms with Gasteiger partial charge < -0.3 is 46.7 Å². The molecule has 6 fully saturated rings. The lowest BCUT2D eigenvalue weighted by atomic mass is 9.78. The normalized spacial score (nSPS) is 23.8. The van der Waals surface area contributed by atoms with Crippen LogP contribution in [0.25, 0.3) is 44.3 Å². The van der Waals surface area contributed by atoms with Crippen molar-refractivity contribution in [1.29, 1.82) is 0 Å². The fourth-order valence-electron chi connectivity index (χ4n) is 12.4. The van der Waals surface area contributed by atoms with E-state index in [4.69, 9.17) is 56.7 Å². The van der Waals surface area contributed by atoms with E-state index in [1.807, 2.05) is 160 Å². The first kappa shape index (κ1) is 63.3. The Morgan fingerprint density at radius 2 is 0.736 bits per heavy atom. The highest BCUT2D eigenvalue weighted by Crippen LogP contribution is 2.52. The third-order valence-electron chi connectivity index (χ3n) is 20.9. The second-order valence-electron chi connectivity index (χ2n) is 29.4. The maximum absolute atomic E-state index is 16.3. The SMILES string of the molecule is CC1(C)OB(c2cc(F)c3c(c2)OC(c2cnc(C4CC4)s2)n2c-3cc3cc(B4OC(C)(C)C(C)(C)O4)ccc32)OC1(C)C.CC1(C)OB(c2cc(F)c3c(c2)O[C@@H](c2cnc(C4CC4)s2)n2c-3cc3cc(B4OC(C)(C)C(C)(C)O4)ccc32)OC1(C)C.CSF. The molecule has 2 atom stereocenters. The Morgan fingerprint density at radius 1 is 0.440 bits per heavy atom. The van der Waals surface area contributed by atoms with Crippen molar-refractivity contribution in [2.24, 2.45) is 0 Å². The molecule has 0 N–H and O–H groups in total. The molecular weight excluding hydrogens is 1220 g/mol. The van der Waals surface area contributed by atoms with Crippen LogP contribution in [0, 0.1) is 11.6 Å². The molecule has 10 heterocycles. The fraction of sp³-hybridized carbons (Fsp3) is 0.493. The van der Waals surface area contributed by atoms with Gasteiger partial charge in [0.05, 0.1) is 98.1 Å². The summed E-state index contributed by atoms with van der Waals surface area (Å²) in [5, 5.41) is 4.17. The van der Waals surface area contributed by atoms with Crippen molar-refractivity contribution in [3.8, 4) is 34.0 Å². The Bertz CT molecular complexity index is 3890. The Kier molecular flexibility index (Phi) is 15.1. The van der Waals surface area contributed by atoms with Gasteiger partial charge in [-0.15, -0.1) is 22.7 Å². The van der Waals surface area contributed by atoms with Crippen LogP contribution in [-0.4, -0.2) is 98.6 Å². The molecule has 6 aliphatic heterocycles. The zero-order valence-corrected chi connectivity index (χ0v) is 57.2. The number of hydrogen-bond acceptors (Lipinski definition) is 15. The summed E-state index contributed by atoms with van der Waals surface area (Å²) >= 11 is 3.60. The molecule has 4 saturated heterocycles. The van der Waals surface area contributed by atoms with Crippen molar-refractivity contribution >= 4 is 107 Å². The van der Waals surface area contributed by atoms with Gasteiger partial charge >= 0.3 is 28.5 Å². The summed E-state index contributed by atoms with van der Waals surface area (Å²) in [7, 11) is -2.41. The summed E-state index contributed by atoms with van der Waals surface area (Å²) in [6, 6.07) is 23.2. The summed E-state index contributed by atoms with van der Waals surface area (Å²) in [5.41, 5.74) is 3.24. The summed E-state index contributed by atoms with van der Waals surface area (Å²) in [4.78, 5) is 11.5. The maximum Gasteiger partial charge on any atom is 0.495 e. The number of fused-ring (bicyclic) bond motifs is 10. The average molecular weight is 1290 g/mol. The smallest absolute Gasteiger partial charge is 0.464 e. The van der Waals surface area contributed by atoms with E-state index in [0.29, 0.717) is 45.4 Å². The van der Waals surface area contributed by atoms with E-state index in [9.17, 15) is 3.89 Å². The van der Waals surface area contributed by atoms with Crippen molar-refractivity contribution in [3.05, 3.63) is 117 Å². The lowest BCUT2D eigenvalue weighted by Gasteiger charge is -2.32. The summed E-state index contributed by atoms with van der Waals surface area (Å²) in [5.74, 6) is 1.21. The summed E-state index contributed by atoms with van der Waals surface area (Å²) < 4.78 is 111. The Labute approximate surface area is 544 Å². The number of hydrogen-bond donors (Lipinski definition) is 0. The monoisotopic (exact) mass is 1290 g/mol. The molecule has 0 spiro atoms. The van der Waals surface area contributed by atoms with Gasteiger partial charge in [0.25, 0.3) is 0 Å². The van der Waals surface area contributed by atoms with Crippen LogP contribution in [0.3, 0.4) is 0 Å². The highest BCUT2D eigenvalue weighted by molar-refractivity contribution is 7.93. The number of halogens is 3. The minimum absolute atomic E-state index is 0.250. The van der Waals surface area contributed by atoms with Gasteiger partial charge in [-0.2, -0.15) is 3.89 Å². The molecule has 91 heavy (non-hydrogen) atoms. The molecule has 4 aromatic carbocycles. The topological polar surface area (TPSA) is 128 Å². The molecule has 24 heteroatoms. The van der Waals surface area contributed by atoms with E-state index in [-0.39, 0.29) is 23.8 Å². The molecule has 0 amide bonds. The standard InChI is InChI=1S/2C33H37B2FN2O5S.CH3FS/c2*1-30(2)31(3,4)41-34(40-30)20-11-12-23-19(13-20)14-24-27-22(36)15-21(35-42-32(5,6)33(7,8)43-35)16-25(27)39-29(38(23)24)26-17-37-28(44-26)18-9-10-18;1-3-2/h2*11-18,29H,9-10H2,1-8H3;1H3/t29-;;/m0../s1. The van der Waals surface area contributed by atoms with Crippen LogP contribution < -0.4 is 31.3 Å². The van der Waals surface area contributed by atoms with Gasteiger partial charge in [0, 0.05) is 53.4 Å². The van der Waals surface area contributed by atoms with E-state index < -0.39 is 85.7 Å². The van der Waals surface area contributed by atoms with Gasteiger partial charge in [-0.25, -0.2) is 18.7 Å². The van der Waals surface area contributed by atoms with Gasteiger partial charge in [-0.1, -0.05) is 24.3 Å². The van der Waals surface area contributed by atoms with E-state index in [1.165, 1.54) is 44.1 Å². The van der Waals surface area contributed by atoms with Crippen molar-refractivity contribution in [2.75, 3.05) is 6.26 Å². The number of aromatic nitrogens is 4. The molecule has 2 saturated carbocycles. The Morgan fingerprint density at radius 3 is 1.03 bits per heavy atom. The van der Waals surface area contributed by atoms with Crippen molar-refractivity contribution in [2.45, 2.75) is 206 Å². The lowest BCUT2D eigenvalue weighted by Crippen LogP contribution is -2.41. The maximum atomic E-state index is 16.3. The lowest BCUT2D eigenvalue weighted by molar-refractivity contribution is 0.00578. The molecular formula is C67H77B4F3N4O10S3. The van der Waals surface area contributed by atoms with Crippen molar-refractivity contribution in [3.63, 3.8) is 0 Å². The molecule has 8 aliphatic rings. The largest absolute Gasteiger partial charge is 0.495 e. The number of ether oxygens (including phenoxy) is 2. The first-order valence-electron chi connectivity index (χ1n) is 31.5. The van der Waals surface area contributed by atoms with Crippen LogP contribution in [-0.2, 0) is 37.2 Å². The van der Waals surface area contributed by atoms with Crippen LogP contribution in [0.1, 0.15) is 181 Å². The Hall–Kier alpha value is -5.10. The predicted molar refractivity (Wildman–Crippen MR) is 358 cm³/mol. The van der Waals surface area contributed by atoms with Crippen molar-refractivity contribution < 1.29 is 59.4 Å². The molecule has 2 aliphatic carbocycles. The molecule has 1 unspecified atom stereocenters. The second kappa shape index (κ2) is 21.7. The van der Waals surface area contributed by atoms with E-state index in [1.54, 1.807) is 22.7 Å². The molecule has 0 radical (unpaired) electrons.